The van der Waals surface area contributed by atoms with Gasteiger partial charge in [-0.2, -0.15) is 13.2 Å². The Morgan fingerprint density at radius 2 is 1.59 bits per heavy atom. The molecule has 11 heteroatoms. The molecular weight excluding hydrogens is 467 g/mol. The molecule has 0 spiro atoms. The standard InChI is InChI=1S/C21H24F3NO5S2/c1-14-8-9-16(31(4,27)28)13-18(14)19(26)25-11-10-20(2,3)32(29,30)17-7-5-6-15(12-17)21(22,23)24/h5-9,12-13H,10-11H2,1-4H3,(H,25,26). The highest BCUT2D eigenvalue weighted by Gasteiger charge is 2.38. The van der Waals surface area contributed by atoms with Gasteiger partial charge >= 0.3 is 6.18 Å². The highest BCUT2D eigenvalue weighted by Crippen LogP contribution is 2.34. The monoisotopic (exact) mass is 491 g/mol. The molecule has 0 aromatic heterocycles. The van der Waals surface area contributed by atoms with Gasteiger partial charge in [0, 0.05) is 18.4 Å². The SMILES string of the molecule is Cc1ccc(S(C)(=O)=O)cc1C(=O)NCCC(C)(C)S(=O)(=O)c1cccc(C(F)(F)F)c1. The van der Waals surface area contributed by atoms with Crippen molar-refractivity contribution in [2.75, 3.05) is 12.8 Å². The Morgan fingerprint density at radius 1 is 0.969 bits per heavy atom. The fourth-order valence-electron chi connectivity index (χ4n) is 2.94. The Kier molecular flexibility index (Phi) is 7.16. The van der Waals surface area contributed by atoms with Gasteiger partial charge in [0.05, 0.1) is 20.1 Å². The van der Waals surface area contributed by atoms with E-state index in [1.165, 1.54) is 32.0 Å². The number of amides is 1. The predicted octanol–water partition coefficient (Wildman–Crippen LogP) is 3.79. The van der Waals surface area contributed by atoms with Crippen molar-refractivity contribution in [1.82, 2.24) is 5.32 Å². The van der Waals surface area contributed by atoms with Gasteiger partial charge in [0.2, 0.25) is 0 Å². The van der Waals surface area contributed by atoms with E-state index in [9.17, 15) is 34.8 Å². The summed E-state index contributed by atoms with van der Waals surface area (Å²) >= 11 is 0. The van der Waals surface area contributed by atoms with Crippen LogP contribution in [0.15, 0.2) is 52.3 Å². The molecule has 2 aromatic carbocycles. The van der Waals surface area contributed by atoms with E-state index >= 15 is 0 Å². The topological polar surface area (TPSA) is 97.4 Å². The minimum absolute atomic E-state index is 0.0271. The number of halogens is 3. The van der Waals surface area contributed by atoms with Crippen molar-refractivity contribution in [3.63, 3.8) is 0 Å². The minimum atomic E-state index is -4.68. The molecule has 0 unspecified atom stereocenters. The van der Waals surface area contributed by atoms with Gasteiger partial charge in [0.25, 0.3) is 5.91 Å². The zero-order valence-corrected chi connectivity index (χ0v) is 19.6. The summed E-state index contributed by atoms with van der Waals surface area (Å²) in [5.74, 6) is -0.583. The van der Waals surface area contributed by atoms with Crippen LogP contribution in [0, 0.1) is 6.92 Å². The van der Waals surface area contributed by atoms with Gasteiger partial charge in [0.15, 0.2) is 19.7 Å². The average molecular weight is 492 g/mol. The Labute approximate surface area is 185 Å². The molecule has 176 valence electrons. The summed E-state index contributed by atoms with van der Waals surface area (Å²) in [4.78, 5) is 12.0. The molecule has 1 amide bonds. The van der Waals surface area contributed by atoms with Gasteiger partial charge in [0.1, 0.15) is 0 Å². The number of alkyl halides is 3. The number of hydrogen-bond donors (Lipinski definition) is 1. The average Bonchev–Trinajstić information content (AvgIpc) is 2.66. The van der Waals surface area contributed by atoms with Crippen molar-refractivity contribution in [2.24, 2.45) is 0 Å². The summed E-state index contributed by atoms with van der Waals surface area (Å²) < 4.78 is 86.7. The molecule has 0 saturated carbocycles. The van der Waals surface area contributed by atoms with Gasteiger partial charge in [-0.3, -0.25) is 4.79 Å². The van der Waals surface area contributed by atoms with E-state index in [1.807, 2.05) is 0 Å². The molecule has 0 radical (unpaired) electrons. The molecule has 2 rings (SSSR count). The first kappa shape index (κ1) is 25.9. The van der Waals surface area contributed by atoms with Crippen molar-refractivity contribution in [2.45, 2.75) is 47.9 Å². The summed E-state index contributed by atoms with van der Waals surface area (Å²) in [6.07, 6.45) is -3.75. The van der Waals surface area contributed by atoms with Crippen LogP contribution in [0.3, 0.4) is 0 Å². The number of benzene rings is 2. The fourth-order valence-corrected chi connectivity index (χ4v) is 5.14. The maximum atomic E-state index is 13.0. The number of nitrogens with one attached hydrogen (secondary N) is 1. The van der Waals surface area contributed by atoms with E-state index < -0.39 is 47.0 Å². The Bertz CT molecular complexity index is 1230. The number of hydrogen-bond acceptors (Lipinski definition) is 5. The lowest BCUT2D eigenvalue weighted by Gasteiger charge is -2.25. The highest BCUT2D eigenvalue weighted by atomic mass is 32.2. The largest absolute Gasteiger partial charge is 0.416 e. The molecular formula is C21H24F3NO5S2. The first-order valence-corrected chi connectivity index (χ1v) is 12.8. The van der Waals surface area contributed by atoms with Crippen LogP contribution < -0.4 is 5.32 Å². The van der Waals surface area contributed by atoms with Gasteiger partial charge in [-0.1, -0.05) is 12.1 Å². The molecule has 0 saturated heterocycles. The van der Waals surface area contributed by atoms with Crippen LogP contribution in [0.5, 0.6) is 0 Å². The first-order valence-electron chi connectivity index (χ1n) is 9.47. The number of aryl methyl sites for hydroxylation is 1. The molecule has 0 bridgehead atoms. The van der Waals surface area contributed by atoms with Crippen LogP contribution in [-0.4, -0.2) is 40.3 Å². The van der Waals surface area contributed by atoms with Gasteiger partial charge in [-0.05, 0) is 63.1 Å². The quantitative estimate of drug-likeness (QED) is 0.636. The zero-order chi connectivity index (χ0) is 24.5. The van der Waals surface area contributed by atoms with Gasteiger partial charge in [-0.25, -0.2) is 16.8 Å². The lowest BCUT2D eigenvalue weighted by atomic mass is 10.1. The summed E-state index contributed by atoms with van der Waals surface area (Å²) in [7, 11) is -7.67. The van der Waals surface area contributed by atoms with E-state index in [0.717, 1.165) is 24.5 Å². The summed E-state index contributed by atoms with van der Waals surface area (Å²) in [5, 5.41) is 2.56. The van der Waals surface area contributed by atoms with Crippen LogP contribution in [0.25, 0.3) is 0 Å². The summed E-state index contributed by atoms with van der Waals surface area (Å²) in [6, 6.07) is 7.63. The van der Waals surface area contributed by atoms with Crippen molar-refractivity contribution in [3.05, 3.63) is 59.2 Å². The second kappa shape index (κ2) is 8.86. The van der Waals surface area contributed by atoms with Crippen molar-refractivity contribution in [1.29, 1.82) is 0 Å². The third-order valence-corrected chi connectivity index (χ3v) is 8.74. The molecule has 1 N–H and O–H groups in total. The summed E-state index contributed by atoms with van der Waals surface area (Å²) in [5.41, 5.74) is -0.402. The molecule has 32 heavy (non-hydrogen) atoms. The molecule has 0 aliphatic heterocycles. The second-order valence-electron chi connectivity index (χ2n) is 8.04. The van der Waals surface area contributed by atoms with Crippen molar-refractivity contribution in [3.8, 4) is 0 Å². The first-order chi connectivity index (χ1) is 14.5. The number of sulfone groups is 2. The maximum absolute atomic E-state index is 13.0. The Balaban J connectivity index is 2.18. The fraction of sp³-hybridized carbons (Fsp3) is 0.381. The summed E-state index contributed by atoms with van der Waals surface area (Å²) in [6.45, 7) is 4.27. The smallest absolute Gasteiger partial charge is 0.352 e. The van der Waals surface area contributed by atoms with Crippen LogP contribution in [0.2, 0.25) is 0 Å². The van der Waals surface area contributed by atoms with Crippen LogP contribution in [-0.2, 0) is 25.9 Å². The lowest BCUT2D eigenvalue weighted by Crippen LogP contribution is -2.37. The number of carbonyl (C=O) groups is 1. The number of carbonyl (C=O) groups excluding carboxylic acids is 1. The van der Waals surface area contributed by atoms with E-state index in [4.69, 9.17) is 0 Å². The Hall–Kier alpha value is -2.40. The molecule has 0 atom stereocenters. The van der Waals surface area contributed by atoms with Gasteiger partial charge in [-0.15, -0.1) is 0 Å². The second-order valence-corrected chi connectivity index (χ2v) is 12.6. The number of rotatable bonds is 7. The molecule has 6 nitrogen and oxygen atoms in total. The molecule has 0 aliphatic rings. The zero-order valence-electron chi connectivity index (χ0n) is 17.9. The van der Waals surface area contributed by atoms with Gasteiger partial charge < -0.3 is 5.32 Å². The third-order valence-electron chi connectivity index (χ3n) is 5.09. The van der Waals surface area contributed by atoms with E-state index in [2.05, 4.69) is 5.32 Å². The van der Waals surface area contributed by atoms with Crippen LogP contribution >= 0.6 is 0 Å². The normalized spacial score (nSPS) is 13.1. The third kappa shape index (κ3) is 5.69. The van der Waals surface area contributed by atoms with E-state index in [0.29, 0.717) is 11.6 Å². The Morgan fingerprint density at radius 3 is 2.16 bits per heavy atom. The van der Waals surface area contributed by atoms with Crippen LogP contribution in [0.1, 0.15) is 41.8 Å². The maximum Gasteiger partial charge on any atom is 0.416 e. The lowest BCUT2D eigenvalue weighted by molar-refractivity contribution is -0.137. The van der Waals surface area contributed by atoms with Crippen molar-refractivity contribution >= 4 is 25.6 Å². The predicted molar refractivity (Wildman–Crippen MR) is 114 cm³/mol. The molecule has 0 heterocycles. The van der Waals surface area contributed by atoms with Crippen molar-refractivity contribution < 1.29 is 34.8 Å². The molecule has 2 aromatic rings. The molecule has 0 aliphatic carbocycles. The highest BCUT2D eigenvalue weighted by molar-refractivity contribution is 7.92. The van der Waals surface area contributed by atoms with E-state index in [1.54, 1.807) is 6.92 Å². The van der Waals surface area contributed by atoms with Crippen LogP contribution in [0.4, 0.5) is 13.2 Å². The molecule has 0 fully saturated rings. The van der Waals surface area contributed by atoms with E-state index in [-0.39, 0.29) is 23.4 Å². The minimum Gasteiger partial charge on any atom is -0.352 e.